The Hall–Kier alpha value is -1.63. The molecular formula is C14H25N5O2. The number of nitrogens with one attached hydrogen (secondary N) is 2. The van der Waals surface area contributed by atoms with Crippen LogP contribution in [0.15, 0.2) is 0 Å². The largest absolute Gasteiger partial charge is 0.464 e. The zero-order chi connectivity index (χ0) is 15.1. The summed E-state index contributed by atoms with van der Waals surface area (Å²) in [5.41, 5.74) is 0. The first-order valence-electron chi connectivity index (χ1n) is 7.77. The van der Waals surface area contributed by atoms with Gasteiger partial charge in [0.2, 0.25) is 11.9 Å². The standard InChI is InChI=1S/C14H25N5O2/c1-3-8-15-12-17-13(19-14(18-12)21-4-2)16-9-10-6-5-7-11(10)20/h10-11,20H,3-9H2,1-2H3,(H2,15,16,17,18,19). The highest BCUT2D eigenvalue weighted by atomic mass is 16.5. The van der Waals surface area contributed by atoms with Crippen LogP contribution in [0.4, 0.5) is 11.9 Å². The number of ether oxygens (including phenoxy) is 1. The minimum atomic E-state index is -0.219. The molecule has 1 saturated carbocycles. The highest BCUT2D eigenvalue weighted by molar-refractivity contribution is 5.35. The number of rotatable bonds is 8. The summed E-state index contributed by atoms with van der Waals surface area (Å²) in [5.74, 6) is 1.28. The Balaban J connectivity index is 2.00. The van der Waals surface area contributed by atoms with Crippen LogP contribution < -0.4 is 15.4 Å². The number of hydrogen-bond acceptors (Lipinski definition) is 7. The summed E-state index contributed by atoms with van der Waals surface area (Å²) in [6.07, 6.45) is 3.78. The van der Waals surface area contributed by atoms with Crippen LogP contribution in [-0.4, -0.2) is 45.9 Å². The zero-order valence-corrected chi connectivity index (χ0v) is 12.8. The van der Waals surface area contributed by atoms with Gasteiger partial charge in [0.25, 0.3) is 0 Å². The molecule has 0 aromatic carbocycles. The van der Waals surface area contributed by atoms with Crippen molar-refractivity contribution in [2.24, 2.45) is 5.92 Å². The van der Waals surface area contributed by atoms with Gasteiger partial charge in [0.15, 0.2) is 0 Å². The number of anilines is 2. The minimum absolute atomic E-state index is 0.219. The van der Waals surface area contributed by atoms with Gasteiger partial charge >= 0.3 is 6.01 Å². The van der Waals surface area contributed by atoms with Gasteiger partial charge in [-0.05, 0) is 26.2 Å². The Labute approximate surface area is 125 Å². The van der Waals surface area contributed by atoms with Gasteiger partial charge in [0.05, 0.1) is 12.7 Å². The molecule has 0 bridgehead atoms. The molecule has 2 rings (SSSR count). The topological polar surface area (TPSA) is 92.2 Å². The fraction of sp³-hybridized carbons (Fsp3) is 0.786. The van der Waals surface area contributed by atoms with E-state index in [1.54, 1.807) is 0 Å². The summed E-state index contributed by atoms with van der Waals surface area (Å²) in [6, 6.07) is 0.320. The Morgan fingerprint density at radius 1 is 1.14 bits per heavy atom. The first-order chi connectivity index (χ1) is 10.2. The van der Waals surface area contributed by atoms with Crippen molar-refractivity contribution in [3.8, 4) is 6.01 Å². The fourth-order valence-corrected chi connectivity index (χ4v) is 2.42. The van der Waals surface area contributed by atoms with Crippen molar-refractivity contribution in [3.05, 3.63) is 0 Å². The van der Waals surface area contributed by atoms with Crippen molar-refractivity contribution in [3.63, 3.8) is 0 Å². The van der Waals surface area contributed by atoms with E-state index in [1.165, 1.54) is 0 Å². The quantitative estimate of drug-likeness (QED) is 0.671. The van der Waals surface area contributed by atoms with Gasteiger partial charge < -0.3 is 20.5 Å². The molecule has 21 heavy (non-hydrogen) atoms. The lowest BCUT2D eigenvalue weighted by Gasteiger charge is -2.15. The SMILES string of the molecule is CCCNc1nc(NCC2CCCC2O)nc(OCC)n1. The van der Waals surface area contributed by atoms with Gasteiger partial charge in [-0.15, -0.1) is 0 Å². The zero-order valence-electron chi connectivity index (χ0n) is 12.8. The molecular weight excluding hydrogens is 270 g/mol. The van der Waals surface area contributed by atoms with Crippen LogP contribution in [0, 0.1) is 5.92 Å². The smallest absolute Gasteiger partial charge is 0.323 e. The van der Waals surface area contributed by atoms with Crippen molar-refractivity contribution in [1.29, 1.82) is 0 Å². The summed E-state index contributed by atoms with van der Waals surface area (Å²) in [5, 5.41) is 16.2. The number of nitrogens with zero attached hydrogens (tertiary/aromatic N) is 3. The second-order valence-electron chi connectivity index (χ2n) is 5.26. The van der Waals surface area contributed by atoms with E-state index >= 15 is 0 Å². The van der Waals surface area contributed by atoms with Crippen LogP contribution in [0.2, 0.25) is 0 Å². The summed E-state index contributed by atoms with van der Waals surface area (Å²) in [4.78, 5) is 12.8. The molecule has 1 aromatic rings. The number of aromatic nitrogens is 3. The number of aliphatic hydroxyl groups is 1. The molecule has 0 radical (unpaired) electrons. The average molecular weight is 295 g/mol. The molecule has 0 amide bonds. The van der Waals surface area contributed by atoms with Gasteiger partial charge in [-0.2, -0.15) is 15.0 Å². The van der Waals surface area contributed by atoms with E-state index in [4.69, 9.17) is 4.74 Å². The van der Waals surface area contributed by atoms with Crippen LogP contribution in [0.3, 0.4) is 0 Å². The van der Waals surface area contributed by atoms with Crippen molar-refractivity contribution in [1.82, 2.24) is 15.0 Å². The molecule has 2 atom stereocenters. The van der Waals surface area contributed by atoms with E-state index in [0.29, 0.717) is 31.1 Å². The van der Waals surface area contributed by atoms with E-state index < -0.39 is 0 Å². The normalized spacial score (nSPS) is 21.3. The summed E-state index contributed by atoms with van der Waals surface area (Å²) >= 11 is 0. The summed E-state index contributed by atoms with van der Waals surface area (Å²) in [7, 11) is 0. The van der Waals surface area contributed by atoms with Crippen LogP contribution in [0.1, 0.15) is 39.5 Å². The first-order valence-corrected chi connectivity index (χ1v) is 7.77. The lowest BCUT2D eigenvalue weighted by Crippen LogP contribution is -2.23. The Morgan fingerprint density at radius 2 is 1.90 bits per heavy atom. The molecule has 118 valence electrons. The molecule has 7 heteroatoms. The van der Waals surface area contributed by atoms with E-state index in [1.807, 2.05) is 6.92 Å². The predicted molar refractivity (Wildman–Crippen MR) is 81.6 cm³/mol. The highest BCUT2D eigenvalue weighted by Gasteiger charge is 2.25. The maximum atomic E-state index is 9.85. The van der Waals surface area contributed by atoms with Gasteiger partial charge in [0.1, 0.15) is 0 Å². The third-order valence-corrected chi connectivity index (χ3v) is 3.56. The van der Waals surface area contributed by atoms with Gasteiger partial charge in [-0.25, -0.2) is 0 Å². The first kappa shape index (κ1) is 15.8. The maximum absolute atomic E-state index is 9.85. The number of hydrogen-bond donors (Lipinski definition) is 3. The predicted octanol–water partition coefficient (Wildman–Crippen LogP) is 1.67. The molecule has 0 spiro atoms. The lowest BCUT2D eigenvalue weighted by atomic mass is 10.1. The monoisotopic (exact) mass is 295 g/mol. The Kier molecular flexibility index (Phi) is 5.98. The van der Waals surface area contributed by atoms with Crippen molar-refractivity contribution in [2.45, 2.75) is 45.6 Å². The molecule has 0 saturated heterocycles. The lowest BCUT2D eigenvalue weighted by molar-refractivity contribution is 0.138. The molecule has 2 unspecified atom stereocenters. The Bertz CT molecular complexity index is 443. The number of aliphatic hydroxyl groups excluding tert-OH is 1. The third-order valence-electron chi connectivity index (χ3n) is 3.56. The van der Waals surface area contributed by atoms with Crippen LogP contribution in [-0.2, 0) is 0 Å². The average Bonchev–Trinajstić information content (AvgIpc) is 2.88. The highest BCUT2D eigenvalue weighted by Crippen LogP contribution is 2.25. The molecule has 7 nitrogen and oxygen atoms in total. The van der Waals surface area contributed by atoms with E-state index in [9.17, 15) is 5.11 Å². The second kappa shape index (κ2) is 7.97. The fourth-order valence-electron chi connectivity index (χ4n) is 2.42. The molecule has 1 aliphatic rings. The Morgan fingerprint density at radius 3 is 2.52 bits per heavy atom. The van der Waals surface area contributed by atoms with Gasteiger partial charge in [-0.1, -0.05) is 13.3 Å². The molecule has 1 aromatic heterocycles. The maximum Gasteiger partial charge on any atom is 0.323 e. The van der Waals surface area contributed by atoms with Crippen molar-refractivity contribution in [2.75, 3.05) is 30.3 Å². The van der Waals surface area contributed by atoms with E-state index in [0.717, 1.165) is 32.2 Å². The molecule has 1 aliphatic carbocycles. The molecule has 1 heterocycles. The van der Waals surface area contributed by atoms with Gasteiger partial charge in [-0.3, -0.25) is 0 Å². The van der Waals surface area contributed by atoms with Crippen LogP contribution >= 0.6 is 0 Å². The van der Waals surface area contributed by atoms with Crippen molar-refractivity contribution < 1.29 is 9.84 Å². The third kappa shape index (κ3) is 4.70. The van der Waals surface area contributed by atoms with Crippen molar-refractivity contribution >= 4 is 11.9 Å². The summed E-state index contributed by atoms with van der Waals surface area (Å²) < 4.78 is 5.37. The second-order valence-corrected chi connectivity index (χ2v) is 5.26. The van der Waals surface area contributed by atoms with Crippen LogP contribution in [0.5, 0.6) is 6.01 Å². The molecule has 0 aliphatic heterocycles. The van der Waals surface area contributed by atoms with Crippen LogP contribution in [0.25, 0.3) is 0 Å². The molecule has 1 fully saturated rings. The minimum Gasteiger partial charge on any atom is -0.464 e. The summed E-state index contributed by atoms with van der Waals surface area (Å²) in [6.45, 7) is 5.96. The molecule has 3 N–H and O–H groups in total. The van der Waals surface area contributed by atoms with E-state index in [2.05, 4.69) is 32.5 Å². The van der Waals surface area contributed by atoms with E-state index in [-0.39, 0.29) is 12.0 Å². The van der Waals surface area contributed by atoms with Gasteiger partial charge in [0, 0.05) is 19.0 Å².